The van der Waals surface area contributed by atoms with Crippen LogP contribution in [0.15, 0.2) is 30.5 Å². The molecule has 1 aromatic heterocycles. The highest BCUT2D eigenvalue weighted by atomic mass is 19.1. The molecule has 0 radical (unpaired) electrons. The molecule has 9 heteroatoms. The maximum Gasteiger partial charge on any atom is 0.149 e. The molecule has 2 heterocycles. The van der Waals surface area contributed by atoms with Gasteiger partial charge in [0.1, 0.15) is 17.5 Å². The summed E-state index contributed by atoms with van der Waals surface area (Å²) in [5.41, 5.74) is 0.545. The topological polar surface area (TPSA) is 91.2 Å². The first-order valence-electron chi connectivity index (χ1n) is 13.1. The third-order valence-corrected chi connectivity index (χ3v) is 7.45. The summed E-state index contributed by atoms with van der Waals surface area (Å²) in [4.78, 5) is 4.25. The van der Waals surface area contributed by atoms with Crippen molar-refractivity contribution in [3.05, 3.63) is 42.1 Å². The van der Waals surface area contributed by atoms with Crippen molar-refractivity contribution in [2.75, 3.05) is 44.1 Å². The normalized spacial score (nSPS) is 22.1. The average molecular weight is 514 g/mol. The summed E-state index contributed by atoms with van der Waals surface area (Å²) >= 11 is 0. The molecule has 3 N–H and O–H groups in total. The van der Waals surface area contributed by atoms with E-state index in [1.165, 1.54) is 12.3 Å². The smallest absolute Gasteiger partial charge is 0.149 e. The van der Waals surface area contributed by atoms with Gasteiger partial charge in [0.15, 0.2) is 0 Å². The Kier molecular flexibility index (Phi) is 9.30. The molecule has 1 saturated heterocycles. The zero-order valence-electron chi connectivity index (χ0n) is 21.7. The standard InChI is InChI=1S/C28H37F2N5O2/c1-19(16-36-2)34-21-4-6-22(7-5-21)35-27-14-23(25(30)15-32-27)20-3-8-24(29)26(13-20)33-18-28(17-31)9-11-37-12-10-28/h3,8,13-15,19,21-22,33-34H,4-7,9-12,16,18H2,1-2H3,(H,32,35)/t19-,21?,22?/m0/s1. The van der Waals surface area contributed by atoms with Gasteiger partial charge in [-0.3, -0.25) is 0 Å². The van der Waals surface area contributed by atoms with E-state index in [1.54, 1.807) is 25.3 Å². The first-order chi connectivity index (χ1) is 17.9. The number of anilines is 2. The van der Waals surface area contributed by atoms with Crippen LogP contribution in [0.3, 0.4) is 0 Å². The van der Waals surface area contributed by atoms with E-state index in [9.17, 15) is 14.0 Å². The van der Waals surface area contributed by atoms with Crippen LogP contribution in [0.5, 0.6) is 0 Å². The van der Waals surface area contributed by atoms with E-state index < -0.39 is 17.0 Å². The molecule has 0 bridgehead atoms. The largest absolute Gasteiger partial charge is 0.383 e. The van der Waals surface area contributed by atoms with Crippen LogP contribution < -0.4 is 16.0 Å². The zero-order chi connectivity index (χ0) is 26.3. The minimum absolute atomic E-state index is 0.248. The number of nitriles is 1. The van der Waals surface area contributed by atoms with Crippen LogP contribution >= 0.6 is 0 Å². The molecule has 2 aromatic rings. The molecule has 0 amide bonds. The van der Waals surface area contributed by atoms with Gasteiger partial charge >= 0.3 is 0 Å². The fourth-order valence-corrected chi connectivity index (χ4v) is 5.24. The number of ether oxygens (including phenoxy) is 2. The lowest BCUT2D eigenvalue weighted by Gasteiger charge is -2.32. The molecule has 1 atom stereocenters. The van der Waals surface area contributed by atoms with Crippen molar-refractivity contribution >= 4 is 11.5 Å². The van der Waals surface area contributed by atoms with Gasteiger partial charge in [-0.1, -0.05) is 6.07 Å². The van der Waals surface area contributed by atoms with Gasteiger partial charge in [-0.05, 0) is 69.2 Å². The monoisotopic (exact) mass is 513 g/mol. The lowest BCUT2D eigenvalue weighted by Crippen LogP contribution is -2.42. The van der Waals surface area contributed by atoms with Crippen LogP contribution in [-0.4, -0.2) is 56.6 Å². The highest BCUT2D eigenvalue weighted by Gasteiger charge is 2.32. The van der Waals surface area contributed by atoms with E-state index in [0.29, 0.717) is 68.2 Å². The number of pyridine rings is 1. The van der Waals surface area contributed by atoms with Gasteiger partial charge in [0.2, 0.25) is 0 Å². The SMILES string of the molecule is COC[C@H](C)NC1CCC(Nc2cc(-c3ccc(F)c(NCC4(C#N)CCOCC4)c3)c(F)cn2)CC1. The van der Waals surface area contributed by atoms with Crippen molar-refractivity contribution in [1.82, 2.24) is 10.3 Å². The van der Waals surface area contributed by atoms with Gasteiger partial charge in [0.05, 0.1) is 30.0 Å². The molecule has 1 aromatic carbocycles. The number of aromatic nitrogens is 1. The van der Waals surface area contributed by atoms with Gasteiger partial charge in [0.25, 0.3) is 0 Å². The van der Waals surface area contributed by atoms with Crippen LogP contribution in [0.25, 0.3) is 11.1 Å². The summed E-state index contributed by atoms with van der Waals surface area (Å²) in [5, 5.41) is 19.8. The van der Waals surface area contributed by atoms with Crippen LogP contribution in [0.2, 0.25) is 0 Å². The van der Waals surface area contributed by atoms with Gasteiger partial charge in [-0.25, -0.2) is 13.8 Å². The molecule has 7 nitrogen and oxygen atoms in total. The average Bonchev–Trinajstić information content (AvgIpc) is 2.91. The molecule has 200 valence electrons. The first kappa shape index (κ1) is 27.2. The quantitative estimate of drug-likeness (QED) is 0.407. The maximum atomic E-state index is 14.8. The second-order valence-electron chi connectivity index (χ2n) is 10.3. The molecule has 0 spiro atoms. The Morgan fingerprint density at radius 3 is 2.57 bits per heavy atom. The molecular formula is C28H37F2N5O2. The molecule has 2 fully saturated rings. The number of methoxy groups -OCH3 is 1. The predicted octanol–water partition coefficient (Wildman–Crippen LogP) is 5.11. The highest BCUT2D eigenvalue weighted by molar-refractivity contribution is 5.71. The van der Waals surface area contributed by atoms with Crippen LogP contribution in [-0.2, 0) is 9.47 Å². The minimum Gasteiger partial charge on any atom is -0.383 e. The highest BCUT2D eigenvalue weighted by Crippen LogP contribution is 2.33. The Morgan fingerprint density at radius 2 is 1.86 bits per heavy atom. The fraction of sp³-hybridized carbons (Fsp3) is 0.571. The lowest BCUT2D eigenvalue weighted by atomic mass is 9.81. The summed E-state index contributed by atoms with van der Waals surface area (Å²) in [6.45, 7) is 4.15. The number of nitrogens with zero attached hydrogens (tertiary/aromatic N) is 2. The third-order valence-electron chi connectivity index (χ3n) is 7.45. The van der Waals surface area contributed by atoms with Gasteiger partial charge in [-0.15, -0.1) is 0 Å². The summed E-state index contributed by atoms with van der Waals surface area (Å²) < 4.78 is 40.0. The van der Waals surface area contributed by atoms with Gasteiger partial charge in [-0.2, -0.15) is 5.26 Å². The van der Waals surface area contributed by atoms with E-state index in [2.05, 4.69) is 33.9 Å². The predicted molar refractivity (Wildman–Crippen MR) is 140 cm³/mol. The Hall–Kier alpha value is -2.80. The number of nitrogens with one attached hydrogen (secondary N) is 3. The Morgan fingerprint density at radius 1 is 1.14 bits per heavy atom. The second-order valence-corrected chi connectivity index (χ2v) is 10.3. The van der Waals surface area contributed by atoms with Crippen molar-refractivity contribution in [3.63, 3.8) is 0 Å². The van der Waals surface area contributed by atoms with Crippen LogP contribution in [0, 0.1) is 28.4 Å². The van der Waals surface area contributed by atoms with Crippen LogP contribution in [0.1, 0.15) is 45.4 Å². The molecule has 1 saturated carbocycles. The minimum atomic E-state index is -0.601. The van der Waals surface area contributed by atoms with E-state index >= 15 is 0 Å². The molecule has 1 aliphatic heterocycles. The van der Waals surface area contributed by atoms with Crippen molar-refractivity contribution in [2.45, 2.75) is 63.6 Å². The second kappa shape index (κ2) is 12.6. The van der Waals surface area contributed by atoms with Crippen molar-refractivity contribution in [2.24, 2.45) is 5.41 Å². The van der Waals surface area contributed by atoms with E-state index in [0.717, 1.165) is 25.7 Å². The number of halogens is 2. The van der Waals surface area contributed by atoms with E-state index in [1.807, 2.05) is 0 Å². The molecule has 2 aliphatic rings. The Labute approximate surface area is 218 Å². The fourth-order valence-electron chi connectivity index (χ4n) is 5.24. The molecule has 0 unspecified atom stereocenters. The number of benzene rings is 1. The first-order valence-corrected chi connectivity index (χ1v) is 13.1. The van der Waals surface area contributed by atoms with E-state index in [4.69, 9.17) is 9.47 Å². The van der Waals surface area contributed by atoms with Gasteiger partial charge in [0, 0.05) is 50.6 Å². The molecule has 1 aliphatic carbocycles. The van der Waals surface area contributed by atoms with Crippen molar-refractivity contribution in [3.8, 4) is 17.2 Å². The van der Waals surface area contributed by atoms with Crippen molar-refractivity contribution in [1.29, 1.82) is 5.26 Å². The summed E-state index contributed by atoms with van der Waals surface area (Å²) in [5.74, 6) is -0.312. The van der Waals surface area contributed by atoms with E-state index in [-0.39, 0.29) is 11.7 Å². The Balaban J connectivity index is 1.41. The molecular weight excluding hydrogens is 476 g/mol. The van der Waals surface area contributed by atoms with Crippen molar-refractivity contribution < 1.29 is 18.3 Å². The number of rotatable bonds is 10. The summed E-state index contributed by atoms with van der Waals surface area (Å²) in [7, 11) is 1.71. The lowest BCUT2D eigenvalue weighted by molar-refractivity contribution is 0.0456. The van der Waals surface area contributed by atoms with Crippen LogP contribution in [0.4, 0.5) is 20.3 Å². The molecule has 4 rings (SSSR count). The summed E-state index contributed by atoms with van der Waals surface area (Å²) in [6, 6.07) is 9.59. The van der Waals surface area contributed by atoms with Gasteiger partial charge < -0.3 is 25.4 Å². The summed E-state index contributed by atoms with van der Waals surface area (Å²) in [6.07, 6.45) is 6.46. The Bertz CT molecular complexity index is 1080. The maximum absolute atomic E-state index is 14.8. The zero-order valence-corrected chi connectivity index (χ0v) is 21.7. The number of hydrogen-bond acceptors (Lipinski definition) is 7. The third kappa shape index (κ3) is 7.16. The number of hydrogen-bond donors (Lipinski definition) is 3. The molecule has 37 heavy (non-hydrogen) atoms.